The van der Waals surface area contributed by atoms with Crippen LogP contribution >= 0.6 is 0 Å². The molecule has 2 aromatic rings. The number of halogens is 6. The van der Waals surface area contributed by atoms with E-state index in [4.69, 9.17) is 0 Å². The highest BCUT2D eigenvalue weighted by Crippen LogP contribution is 2.26. The summed E-state index contributed by atoms with van der Waals surface area (Å²) >= 11 is 0. The Morgan fingerprint density at radius 2 is 1.52 bits per heavy atom. The molecule has 0 spiro atoms. The van der Waals surface area contributed by atoms with E-state index in [1.165, 1.54) is 0 Å². The SMILES string of the molecule is O=C(COc1c(F)c(F)cc(F)c1F)Nc1cc(F)ccc1F. The van der Waals surface area contributed by atoms with Crippen LogP contribution in [0.5, 0.6) is 5.75 Å². The Morgan fingerprint density at radius 1 is 0.913 bits per heavy atom. The molecule has 9 heteroatoms. The molecule has 23 heavy (non-hydrogen) atoms. The van der Waals surface area contributed by atoms with Gasteiger partial charge in [0.1, 0.15) is 11.6 Å². The summed E-state index contributed by atoms with van der Waals surface area (Å²) in [6.07, 6.45) is 0. The fourth-order valence-electron chi connectivity index (χ4n) is 1.60. The van der Waals surface area contributed by atoms with Gasteiger partial charge < -0.3 is 10.1 Å². The molecule has 0 aliphatic carbocycles. The van der Waals surface area contributed by atoms with Gasteiger partial charge >= 0.3 is 0 Å². The standard InChI is InChI=1S/C14H7F6NO2/c15-6-1-2-7(16)10(3-6)21-11(22)5-23-14-12(19)8(17)4-9(18)13(14)20/h1-4H,5H2,(H,21,22). The number of rotatable bonds is 4. The highest BCUT2D eigenvalue weighted by atomic mass is 19.2. The molecule has 0 atom stereocenters. The van der Waals surface area contributed by atoms with Crippen molar-refractivity contribution in [2.45, 2.75) is 0 Å². The van der Waals surface area contributed by atoms with E-state index in [-0.39, 0.29) is 6.07 Å². The average Bonchev–Trinajstić information content (AvgIpc) is 2.49. The second-order valence-electron chi connectivity index (χ2n) is 4.26. The summed E-state index contributed by atoms with van der Waals surface area (Å²) in [7, 11) is 0. The van der Waals surface area contributed by atoms with Gasteiger partial charge in [-0.25, -0.2) is 17.6 Å². The maximum Gasteiger partial charge on any atom is 0.262 e. The van der Waals surface area contributed by atoms with Crippen molar-refractivity contribution in [1.29, 1.82) is 0 Å². The minimum Gasteiger partial charge on any atom is -0.477 e. The van der Waals surface area contributed by atoms with E-state index in [2.05, 4.69) is 4.74 Å². The van der Waals surface area contributed by atoms with E-state index in [0.29, 0.717) is 6.07 Å². The Hall–Kier alpha value is -2.71. The Bertz CT molecular complexity index is 739. The van der Waals surface area contributed by atoms with Crippen molar-refractivity contribution >= 4 is 11.6 Å². The lowest BCUT2D eigenvalue weighted by Crippen LogP contribution is -2.22. The van der Waals surface area contributed by atoms with Crippen LogP contribution in [0.25, 0.3) is 0 Å². The molecule has 2 aromatic carbocycles. The monoisotopic (exact) mass is 335 g/mol. The summed E-state index contributed by atoms with van der Waals surface area (Å²) in [5.74, 6) is -11.4. The third-order valence-corrected chi connectivity index (χ3v) is 2.62. The molecular formula is C14H7F6NO2. The number of ether oxygens (including phenoxy) is 1. The largest absolute Gasteiger partial charge is 0.477 e. The van der Waals surface area contributed by atoms with Crippen LogP contribution in [0.1, 0.15) is 0 Å². The molecule has 0 saturated heterocycles. The number of nitrogens with one attached hydrogen (secondary N) is 1. The molecule has 0 aliphatic heterocycles. The second-order valence-corrected chi connectivity index (χ2v) is 4.26. The number of carbonyl (C=O) groups excluding carboxylic acids is 1. The molecule has 122 valence electrons. The van der Waals surface area contributed by atoms with Crippen LogP contribution in [0.3, 0.4) is 0 Å². The molecule has 0 unspecified atom stereocenters. The number of benzene rings is 2. The third kappa shape index (κ3) is 3.74. The zero-order valence-corrected chi connectivity index (χ0v) is 11.1. The van der Waals surface area contributed by atoms with Crippen LogP contribution in [-0.4, -0.2) is 12.5 Å². The molecule has 1 N–H and O–H groups in total. The first-order valence-corrected chi connectivity index (χ1v) is 6.00. The minimum atomic E-state index is -1.83. The van der Waals surface area contributed by atoms with E-state index >= 15 is 0 Å². The molecule has 1 amide bonds. The Kier molecular flexibility index (Phi) is 4.77. The number of anilines is 1. The topological polar surface area (TPSA) is 38.3 Å². The molecule has 0 fully saturated rings. The number of hydrogen-bond acceptors (Lipinski definition) is 2. The van der Waals surface area contributed by atoms with Crippen LogP contribution < -0.4 is 10.1 Å². The van der Waals surface area contributed by atoms with Crippen molar-refractivity contribution in [1.82, 2.24) is 0 Å². The van der Waals surface area contributed by atoms with Crippen LogP contribution in [0.15, 0.2) is 24.3 Å². The van der Waals surface area contributed by atoms with Gasteiger partial charge in [-0.2, -0.15) is 8.78 Å². The van der Waals surface area contributed by atoms with Crippen LogP contribution in [0, 0.1) is 34.9 Å². The molecule has 3 nitrogen and oxygen atoms in total. The van der Waals surface area contributed by atoms with Gasteiger partial charge in [-0.15, -0.1) is 0 Å². The number of hydrogen-bond donors (Lipinski definition) is 1. The van der Waals surface area contributed by atoms with Crippen molar-refractivity contribution in [3.05, 3.63) is 59.2 Å². The Balaban J connectivity index is 2.10. The average molecular weight is 335 g/mol. The lowest BCUT2D eigenvalue weighted by Gasteiger charge is -2.10. The summed E-state index contributed by atoms with van der Waals surface area (Å²) in [6.45, 7) is -1.09. The zero-order valence-electron chi connectivity index (χ0n) is 11.1. The number of carbonyl (C=O) groups is 1. The first-order chi connectivity index (χ1) is 10.8. The summed E-state index contributed by atoms with van der Waals surface area (Å²) in [5.41, 5.74) is -0.537. The number of amides is 1. The smallest absolute Gasteiger partial charge is 0.262 e. The molecule has 0 saturated carbocycles. The van der Waals surface area contributed by atoms with E-state index in [9.17, 15) is 31.1 Å². The predicted molar refractivity (Wildman–Crippen MR) is 66.8 cm³/mol. The predicted octanol–water partition coefficient (Wildman–Crippen LogP) is 3.54. The zero-order chi connectivity index (χ0) is 17.1. The van der Waals surface area contributed by atoms with Crippen LogP contribution in [0.2, 0.25) is 0 Å². The van der Waals surface area contributed by atoms with Crippen LogP contribution in [-0.2, 0) is 4.79 Å². The van der Waals surface area contributed by atoms with Crippen LogP contribution in [0.4, 0.5) is 32.0 Å². The quantitative estimate of drug-likeness (QED) is 0.686. The van der Waals surface area contributed by atoms with E-state index < -0.39 is 58.9 Å². The minimum absolute atomic E-state index is 0.0281. The van der Waals surface area contributed by atoms with E-state index in [0.717, 1.165) is 12.1 Å². The maximum atomic E-state index is 13.3. The molecule has 2 rings (SSSR count). The van der Waals surface area contributed by atoms with Gasteiger partial charge in [0.2, 0.25) is 11.6 Å². The lowest BCUT2D eigenvalue weighted by molar-refractivity contribution is -0.118. The van der Waals surface area contributed by atoms with Gasteiger partial charge in [-0.3, -0.25) is 4.79 Å². The highest BCUT2D eigenvalue weighted by Gasteiger charge is 2.21. The summed E-state index contributed by atoms with van der Waals surface area (Å²) < 4.78 is 83.0. The van der Waals surface area contributed by atoms with Gasteiger partial charge in [0, 0.05) is 12.1 Å². The Morgan fingerprint density at radius 3 is 2.13 bits per heavy atom. The highest BCUT2D eigenvalue weighted by molar-refractivity contribution is 5.92. The van der Waals surface area contributed by atoms with E-state index in [1.807, 2.05) is 5.32 Å². The van der Waals surface area contributed by atoms with Gasteiger partial charge in [0.25, 0.3) is 5.91 Å². The van der Waals surface area contributed by atoms with Gasteiger partial charge in [0.15, 0.2) is 24.0 Å². The van der Waals surface area contributed by atoms with Crippen molar-refractivity contribution in [2.24, 2.45) is 0 Å². The normalized spacial score (nSPS) is 10.5. The summed E-state index contributed by atoms with van der Waals surface area (Å²) in [4.78, 5) is 11.5. The fraction of sp³-hybridized carbons (Fsp3) is 0.0714. The summed E-state index contributed by atoms with van der Waals surface area (Å²) in [6, 6.07) is 2.19. The molecule has 0 radical (unpaired) electrons. The fourth-order valence-corrected chi connectivity index (χ4v) is 1.60. The van der Waals surface area contributed by atoms with Gasteiger partial charge in [-0.1, -0.05) is 0 Å². The first-order valence-electron chi connectivity index (χ1n) is 6.00. The second kappa shape index (κ2) is 6.59. The first kappa shape index (κ1) is 16.7. The van der Waals surface area contributed by atoms with Crippen molar-refractivity contribution in [3.63, 3.8) is 0 Å². The lowest BCUT2D eigenvalue weighted by atomic mass is 10.3. The maximum absolute atomic E-state index is 13.3. The molecular weight excluding hydrogens is 328 g/mol. The molecule has 0 bridgehead atoms. The van der Waals surface area contributed by atoms with Crippen molar-refractivity contribution in [2.75, 3.05) is 11.9 Å². The van der Waals surface area contributed by atoms with E-state index in [1.54, 1.807) is 0 Å². The summed E-state index contributed by atoms with van der Waals surface area (Å²) in [5, 5.41) is 1.88. The van der Waals surface area contributed by atoms with Crippen molar-refractivity contribution in [3.8, 4) is 5.75 Å². The molecule has 0 aliphatic rings. The van der Waals surface area contributed by atoms with Crippen molar-refractivity contribution < 1.29 is 35.9 Å². The van der Waals surface area contributed by atoms with Gasteiger partial charge in [0.05, 0.1) is 5.69 Å². The van der Waals surface area contributed by atoms with Gasteiger partial charge in [-0.05, 0) is 12.1 Å². The third-order valence-electron chi connectivity index (χ3n) is 2.62. The molecule has 0 heterocycles. The molecule has 0 aromatic heterocycles. The Labute approximate surface area is 125 Å².